The number of nitrogens with zero attached hydrogens (tertiary/aromatic N) is 2. The Morgan fingerprint density at radius 1 is 1.06 bits per heavy atom. The largest absolute Gasteiger partial charge is 0.477 e. The highest BCUT2D eigenvalue weighted by molar-refractivity contribution is 7.10. The van der Waals surface area contributed by atoms with Gasteiger partial charge in [-0.25, -0.2) is 0 Å². The number of hydrogen-bond donors (Lipinski definition) is 1. The fourth-order valence-electron chi connectivity index (χ4n) is 4.44. The van der Waals surface area contributed by atoms with E-state index in [0.29, 0.717) is 11.4 Å². The molecule has 31 heavy (non-hydrogen) atoms. The van der Waals surface area contributed by atoms with Gasteiger partial charge in [0, 0.05) is 11.4 Å². The van der Waals surface area contributed by atoms with Gasteiger partial charge in [0.05, 0.1) is 24.8 Å². The van der Waals surface area contributed by atoms with Gasteiger partial charge in [0.25, 0.3) is 5.91 Å². The van der Waals surface area contributed by atoms with E-state index in [4.69, 9.17) is 10.5 Å². The number of carbonyl (C=O) groups excluding carboxylic acids is 2. The molecule has 3 aromatic rings. The molecule has 0 bridgehead atoms. The average molecular weight is 434 g/mol. The summed E-state index contributed by atoms with van der Waals surface area (Å²) in [5.74, 6) is -0.138. The van der Waals surface area contributed by atoms with Crippen LogP contribution in [0.2, 0.25) is 0 Å². The van der Waals surface area contributed by atoms with Gasteiger partial charge < -0.3 is 15.4 Å². The monoisotopic (exact) mass is 433 g/mol. The number of amides is 2. The molecule has 2 unspecified atom stereocenters. The normalized spacial score (nSPS) is 20.5. The summed E-state index contributed by atoms with van der Waals surface area (Å²) in [7, 11) is 0. The quantitative estimate of drug-likeness (QED) is 0.686. The molecule has 3 heterocycles. The lowest BCUT2D eigenvalue weighted by Crippen LogP contribution is -2.52. The molecule has 6 nitrogen and oxygen atoms in total. The molecule has 2 amide bonds. The molecular formula is C24H23N3O3S. The van der Waals surface area contributed by atoms with Crippen LogP contribution in [0.4, 0.5) is 5.69 Å². The number of ether oxygens (including phenoxy) is 1. The Labute approximate surface area is 184 Å². The Hall–Kier alpha value is -3.16. The Morgan fingerprint density at radius 2 is 1.84 bits per heavy atom. The Bertz CT molecular complexity index is 1110. The summed E-state index contributed by atoms with van der Waals surface area (Å²) in [6.45, 7) is 1.16. The minimum absolute atomic E-state index is 0.0309. The van der Waals surface area contributed by atoms with Crippen LogP contribution < -0.4 is 15.4 Å². The van der Waals surface area contributed by atoms with E-state index in [0.717, 1.165) is 13.0 Å². The molecule has 0 saturated carbocycles. The number of primary amides is 1. The van der Waals surface area contributed by atoms with Gasteiger partial charge in [-0.05, 0) is 41.1 Å². The van der Waals surface area contributed by atoms with Crippen LogP contribution in [0.25, 0.3) is 0 Å². The van der Waals surface area contributed by atoms with Crippen molar-refractivity contribution in [1.82, 2.24) is 4.90 Å². The molecule has 2 aliphatic heterocycles. The smallest absolute Gasteiger partial charge is 0.260 e. The van der Waals surface area contributed by atoms with E-state index >= 15 is 0 Å². The fraction of sp³-hybridized carbons (Fsp3) is 0.250. The lowest BCUT2D eigenvalue weighted by Gasteiger charge is -2.38. The number of rotatable bonds is 4. The molecule has 0 radical (unpaired) electrons. The standard InChI is InChI=1S/C24H23N3O3S/c25-24(29)20-14-27(18-8-4-5-9-19(18)30-20)22(28)15-26-12-10-21-17(11-13-31-21)23(26)16-6-2-1-3-7-16/h1-9,11,13,20,23H,10,12,14-15H2,(H2,25,29). The maximum atomic E-state index is 13.5. The van der Waals surface area contributed by atoms with E-state index in [1.165, 1.54) is 16.0 Å². The molecule has 7 heteroatoms. The van der Waals surface area contributed by atoms with Crippen molar-refractivity contribution in [3.8, 4) is 5.75 Å². The van der Waals surface area contributed by atoms with Gasteiger partial charge in [0.2, 0.25) is 5.91 Å². The van der Waals surface area contributed by atoms with Crippen LogP contribution in [-0.2, 0) is 16.0 Å². The third-order valence-electron chi connectivity index (χ3n) is 5.91. The van der Waals surface area contributed by atoms with E-state index in [-0.39, 0.29) is 25.0 Å². The van der Waals surface area contributed by atoms with Crippen molar-refractivity contribution in [3.63, 3.8) is 0 Å². The van der Waals surface area contributed by atoms with Crippen LogP contribution in [0.15, 0.2) is 66.0 Å². The summed E-state index contributed by atoms with van der Waals surface area (Å²) in [6.07, 6.45) is 0.0707. The number of fused-ring (bicyclic) bond motifs is 2. The second-order valence-corrected chi connectivity index (χ2v) is 8.81. The van der Waals surface area contributed by atoms with Crippen molar-refractivity contribution in [2.24, 2.45) is 5.73 Å². The molecule has 0 spiro atoms. The fourth-order valence-corrected chi connectivity index (χ4v) is 5.35. The minimum atomic E-state index is -0.853. The predicted octanol–water partition coefficient (Wildman–Crippen LogP) is 2.98. The van der Waals surface area contributed by atoms with E-state index in [1.807, 2.05) is 36.4 Å². The van der Waals surface area contributed by atoms with Crippen LogP contribution in [0.3, 0.4) is 0 Å². The van der Waals surface area contributed by atoms with E-state index in [9.17, 15) is 9.59 Å². The Kier molecular flexibility index (Phi) is 5.21. The van der Waals surface area contributed by atoms with Gasteiger partial charge in [-0.3, -0.25) is 14.5 Å². The molecule has 2 aliphatic rings. The summed E-state index contributed by atoms with van der Waals surface area (Å²) in [4.78, 5) is 30.6. The van der Waals surface area contributed by atoms with Gasteiger partial charge in [0.1, 0.15) is 5.75 Å². The molecule has 2 N–H and O–H groups in total. The first-order chi connectivity index (χ1) is 15.1. The van der Waals surface area contributed by atoms with Crippen molar-refractivity contribution >= 4 is 28.8 Å². The maximum absolute atomic E-state index is 13.5. The molecule has 2 aromatic carbocycles. The minimum Gasteiger partial charge on any atom is -0.477 e. The predicted molar refractivity (Wildman–Crippen MR) is 120 cm³/mol. The van der Waals surface area contributed by atoms with Crippen molar-refractivity contribution < 1.29 is 14.3 Å². The van der Waals surface area contributed by atoms with E-state index < -0.39 is 12.0 Å². The van der Waals surface area contributed by atoms with Crippen LogP contribution >= 0.6 is 11.3 Å². The number of carbonyl (C=O) groups is 2. The summed E-state index contributed by atoms with van der Waals surface area (Å²) in [5, 5.41) is 2.13. The summed E-state index contributed by atoms with van der Waals surface area (Å²) < 4.78 is 5.71. The highest BCUT2D eigenvalue weighted by Crippen LogP contribution is 2.38. The SMILES string of the molecule is NC(=O)C1CN(C(=O)CN2CCc3sccc3C2c2ccccc2)c2ccccc2O1. The number of hydrogen-bond acceptors (Lipinski definition) is 5. The lowest BCUT2D eigenvalue weighted by atomic mass is 9.93. The third-order valence-corrected chi connectivity index (χ3v) is 6.91. The summed E-state index contributed by atoms with van der Waals surface area (Å²) >= 11 is 1.78. The Morgan fingerprint density at radius 3 is 2.65 bits per heavy atom. The second-order valence-electron chi connectivity index (χ2n) is 7.81. The molecule has 0 saturated heterocycles. The Balaban J connectivity index is 1.45. The van der Waals surface area contributed by atoms with Gasteiger partial charge in [0.15, 0.2) is 6.10 Å². The lowest BCUT2D eigenvalue weighted by molar-refractivity contribution is -0.125. The van der Waals surface area contributed by atoms with Crippen LogP contribution in [-0.4, -0.2) is 42.5 Å². The van der Waals surface area contributed by atoms with Crippen molar-refractivity contribution in [1.29, 1.82) is 0 Å². The average Bonchev–Trinajstić information content (AvgIpc) is 3.27. The van der Waals surface area contributed by atoms with Gasteiger partial charge >= 0.3 is 0 Å². The number of anilines is 1. The highest BCUT2D eigenvalue weighted by atomic mass is 32.1. The first-order valence-electron chi connectivity index (χ1n) is 10.3. The topological polar surface area (TPSA) is 75.9 Å². The zero-order valence-corrected chi connectivity index (χ0v) is 17.8. The van der Waals surface area contributed by atoms with Gasteiger partial charge in [-0.15, -0.1) is 11.3 Å². The first-order valence-corrected chi connectivity index (χ1v) is 11.2. The maximum Gasteiger partial charge on any atom is 0.260 e. The third kappa shape index (κ3) is 3.71. The van der Waals surface area contributed by atoms with Crippen LogP contribution in [0.5, 0.6) is 5.75 Å². The van der Waals surface area contributed by atoms with Crippen LogP contribution in [0.1, 0.15) is 22.0 Å². The number of benzene rings is 2. The molecule has 158 valence electrons. The zero-order chi connectivity index (χ0) is 21.4. The number of thiophene rings is 1. The summed E-state index contributed by atoms with van der Waals surface area (Å²) in [6, 6.07) is 19.8. The molecule has 0 aliphatic carbocycles. The second kappa shape index (κ2) is 8.17. The van der Waals surface area contributed by atoms with Crippen LogP contribution in [0, 0.1) is 0 Å². The van der Waals surface area contributed by atoms with E-state index in [1.54, 1.807) is 22.3 Å². The molecular weight excluding hydrogens is 410 g/mol. The van der Waals surface area contributed by atoms with Crippen molar-refractivity contribution in [3.05, 3.63) is 82.0 Å². The summed E-state index contributed by atoms with van der Waals surface area (Å²) in [5.41, 5.74) is 8.62. The van der Waals surface area contributed by atoms with Crippen molar-refractivity contribution in [2.75, 3.05) is 24.5 Å². The number of nitrogens with two attached hydrogens (primary N) is 1. The first kappa shape index (κ1) is 19.8. The van der Waals surface area contributed by atoms with Crippen molar-refractivity contribution in [2.45, 2.75) is 18.6 Å². The zero-order valence-electron chi connectivity index (χ0n) is 16.9. The molecule has 1 aromatic heterocycles. The van der Waals surface area contributed by atoms with Gasteiger partial charge in [-0.1, -0.05) is 42.5 Å². The molecule has 2 atom stereocenters. The molecule has 0 fully saturated rings. The highest BCUT2D eigenvalue weighted by Gasteiger charge is 2.36. The number of para-hydroxylation sites is 2. The van der Waals surface area contributed by atoms with Gasteiger partial charge in [-0.2, -0.15) is 0 Å². The van der Waals surface area contributed by atoms with E-state index in [2.05, 4.69) is 28.5 Å². The molecule has 5 rings (SSSR count).